The molecule has 2 aliphatic rings. The zero-order valence-electron chi connectivity index (χ0n) is 17.1. The number of aliphatic hydroxyl groups excluding tert-OH is 1. The molecule has 3 rings (SSSR count). The van der Waals surface area contributed by atoms with Gasteiger partial charge in [-0.1, -0.05) is 0 Å². The summed E-state index contributed by atoms with van der Waals surface area (Å²) in [6.45, 7) is 8.49. The first-order chi connectivity index (χ1) is 13.0. The molecule has 2 aliphatic heterocycles. The van der Waals surface area contributed by atoms with Gasteiger partial charge in [0.05, 0.1) is 14.2 Å². The highest BCUT2D eigenvalue weighted by atomic mass is 16.5. The van der Waals surface area contributed by atoms with Crippen molar-refractivity contribution in [1.82, 2.24) is 9.80 Å². The van der Waals surface area contributed by atoms with Gasteiger partial charge in [-0.15, -0.1) is 0 Å². The second-order valence-corrected chi connectivity index (χ2v) is 7.88. The van der Waals surface area contributed by atoms with Crippen molar-refractivity contribution < 1.29 is 19.3 Å². The summed E-state index contributed by atoms with van der Waals surface area (Å²) in [4.78, 5) is 5.00. The van der Waals surface area contributed by atoms with Gasteiger partial charge in [-0.25, -0.2) is 0 Å². The van der Waals surface area contributed by atoms with Crippen LogP contribution in [0, 0.1) is 0 Å². The first-order valence-electron chi connectivity index (χ1n) is 10.1. The number of methoxy groups -OCH3 is 2. The summed E-state index contributed by atoms with van der Waals surface area (Å²) >= 11 is 0. The molecule has 2 atom stereocenters. The highest BCUT2D eigenvalue weighted by molar-refractivity contribution is 5.45. The van der Waals surface area contributed by atoms with E-state index in [1.54, 1.807) is 14.2 Å². The van der Waals surface area contributed by atoms with Crippen LogP contribution in [0.4, 0.5) is 0 Å². The fraction of sp³-hybridized carbons (Fsp3) is 0.714. The highest BCUT2D eigenvalue weighted by Gasteiger charge is 2.34. The van der Waals surface area contributed by atoms with Crippen LogP contribution in [0.3, 0.4) is 0 Å². The molecule has 1 aromatic carbocycles. The minimum Gasteiger partial charge on any atom is -0.493 e. The van der Waals surface area contributed by atoms with E-state index in [9.17, 15) is 5.11 Å². The topological polar surface area (TPSA) is 54.4 Å². The van der Waals surface area contributed by atoms with Gasteiger partial charge in [-0.2, -0.15) is 0 Å². The molecule has 0 spiro atoms. The lowest BCUT2D eigenvalue weighted by atomic mass is 9.97. The van der Waals surface area contributed by atoms with E-state index in [-0.39, 0.29) is 6.10 Å². The number of hydrogen-bond donors (Lipinski definition) is 1. The molecule has 27 heavy (non-hydrogen) atoms. The Hall–Kier alpha value is -1.50. The Kier molecular flexibility index (Phi) is 6.84. The molecule has 152 valence electrons. The van der Waals surface area contributed by atoms with Crippen molar-refractivity contribution in [2.75, 3.05) is 40.4 Å². The summed E-state index contributed by atoms with van der Waals surface area (Å²) in [5.74, 6) is 2.02. The Labute approximate surface area is 163 Å². The molecule has 0 aromatic heterocycles. The third kappa shape index (κ3) is 4.86. The average Bonchev–Trinajstić information content (AvgIpc) is 2.69. The summed E-state index contributed by atoms with van der Waals surface area (Å²) < 4.78 is 16.7. The second kappa shape index (κ2) is 9.13. The lowest BCUT2D eigenvalue weighted by molar-refractivity contribution is -0.0458. The first kappa shape index (κ1) is 20.2. The molecule has 0 bridgehead atoms. The molecule has 0 amide bonds. The zero-order chi connectivity index (χ0) is 19.4. The number of benzene rings is 1. The van der Waals surface area contributed by atoms with E-state index < -0.39 is 6.10 Å². The van der Waals surface area contributed by atoms with E-state index in [1.807, 2.05) is 18.2 Å². The fourth-order valence-corrected chi connectivity index (χ4v) is 4.24. The number of β-amino-alcohol motifs (C(OH)–C–C–N with tert-alkyl or cyclic N) is 1. The molecular formula is C21H34N2O4. The lowest BCUT2D eigenvalue weighted by Gasteiger charge is -2.44. The van der Waals surface area contributed by atoms with Gasteiger partial charge in [0, 0.05) is 31.2 Å². The molecule has 0 saturated carbocycles. The molecule has 1 aromatic rings. The smallest absolute Gasteiger partial charge is 0.164 e. The van der Waals surface area contributed by atoms with Gasteiger partial charge in [0.15, 0.2) is 11.5 Å². The van der Waals surface area contributed by atoms with Gasteiger partial charge in [0.2, 0.25) is 0 Å². The predicted molar refractivity (Wildman–Crippen MR) is 106 cm³/mol. The van der Waals surface area contributed by atoms with Crippen molar-refractivity contribution in [3.05, 3.63) is 18.2 Å². The van der Waals surface area contributed by atoms with Crippen LogP contribution in [0.1, 0.15) is 33.1 Å². The maximum atomic E-state index is 10.7. The molecule has 6 heteroatoms. The fourth-order valence-electron chi connectivity index (χ4n) is 4.24. The van der Waals surface area contributed by atoms with Crippen LogP contribution in [0.15, 0.2) is 18.2 Å². The average molecular weight is 379 g/mol. The van der Waals surface area contributed by atoms with Gasteiger partial charge < -0.3 is 24.2 Å². The highest BCUT2D eigenvalue weighted by Crippen LogP contribution is 2.32. The number of nitrogens with zero attached hydrogens (tertiary/aromatic N) is 2. The lowest BCUT2D eigenvalue weighted by Crippen LogP contribution is -2.55. The minimum atomic E-state index is -0.477. The largest absolute Gasteiger partial charge is 0.493 e. The molecule has 0 radical (unpaired) electrons. The molecule has 0 unspecified atom stereocenters. The Morgan fingerprint density at radius 3 is 2.30 bits per heavy atom. The number of ether oxygens (including phenoxy) is 3. The Bertz CT molecular complexity index is 602. The van der Waals surface area contributed by atoms with E-state index in [0.717, 1.165) is 26.1 Å². The maximum Gasteiger partial charge on any atom is 0.164 e. The summed E-state index contributed by atoms with van der Waals surface area (Å²) in [6, 6.07) is 6.72. The van der Waals surface area contributed by atoms with Gasteiger partial charge in [0.1, 0.15) is 18.0 Å². The zero-order valence-corrected chi connectivity index (χ0v) is 17.1. The van der Waals surface area contributed by atoms with E-state index >= 15 is 0 Å². The molecule has 2 saturated heterocycles. The van der Waals surface area contributed by atoms with Crippen molar-refractivity contribution in [3.63, 3.8) is 0 Å². The number of rotatable bonds is 6. The predicted octanol–water partition coefficient (Wildman–Crippen LogP) is 2.39. The van der Waals surface area contributed by atoms with Crippen molar-refractivity contribution in [2.45, 2.75) is 57.4 Å². The summed E-state index contributed by atoms with van der Waals surface area (Å²) in [5, 5.41) is 10.7. The van der Waals surface area contributed by atoms with Crippen LogP contribution in [0.2, 0.25) is 0 Å². The minimum absolute atomic E-state index is 0.185. The molecule has 2 heterocycles. The van der Waals surface area contributed by atoms with Crippen LogP contribution in [0.25, 0.3) is 0 Å². The van der Waals surface area contributed by atoms with Gasteiger partial charge in [0.25, 0.3) is 0 Å². The van der Waals surface area contributed by atoms with Crippen molar-refractivity contribution in [2.24, 2.45) is 0 Å². The molecule has 6 nitrogen and oxygen atoms in total. The second-order valence-electron chi connectivity index (χ2n) is 7.88. The number of piperidine rings is 2. The van der Waals surface area contributed by atoms with Crippen molar-refractivity contribution in [1.29, 1.82) is 0 Å². The number of likely N-dealkylation sites (tertiary alicyclic amines) is 2. The van der Waals surface area contributed by atoms with Crippen LogP contribution in [-0.4, -0.2) is 79.6 Å². The molecular weight excluding hydrogens is 344 g/mol. The van der Waals surface area contributed by atoms with E-state index in [2.05, 4.69) is 23.6 Å². The van der Waals surface area contributed by atoms with E-state index in [1.165, 1.54) is 12.8 Å². The number of hydrogen-bond acceptors (Lipinski definition) is 6. The van der Waals surface area contributed by atoms with Crippen LogP contribution in [0.5, 0.6) is 17.2 Å². The van der Waals surface area contributed by atoms with E-state index in [0.29, 0.717) is 35.9 Å². The van der Waals surface area contributed by atoms with Gasteiger partial charge in [-0.05, 0) is 58.3 Å². The standard InChI is InChI=1S/C21H34N2O4/c1-15(2)22-10-7-16(8-11-22)23-12-9-19(18(24)14-23)27-17-5-6-20(25-3)21(13-17)26-4/h5-6,13,15-16,18-19,24H,7-12,14H2,1-4H3/t18-,19-/m1/s1. The third-order valence-corrected chi connectivity index (χ3v) is 5.94. The molecule has 1 N–H and O–H groups in total. The number of aliphatic hydroxyl groups is 1. The third-order valence-electron chi connectivity index (χ3n) is 5.94. The quantitative estimate of drug-likeness (QED) is 0.820. The maximum absolute atomic E-state index is 10.7. The molecule has 0 aliphatic carbocycles. The normalized spacial score (nSPS) is 25.6. The first-order valence-corrected chi connectivity index (χ1v) is 10.1. The summed E-state index contributed by atoms with van der Waals surface area (Å²) in [5.41, 5.74) is 0. The monoisotopic (exact) mass is 378 g/mol. The van der Waals surface area contributed by atoms with E-state index in [4.69, 9.17) is 14.2 Å². The molecule has 2 fully saturated rings. The Balaban J connectivity index is 1.53. The van der Waals surface area contributed by atoms with Crippen molar-refractivity contribution >= 4 is 0 Å². The van der Waals surface area contributed by atoms with Gasteiger partial charge >= 0.3 is 0 Å². The SMILES string of the molecule is COc1ccc(O[C@@H]2CCN(C3CCN(C(C)C)CC3)C[C@H]2O)cc1OC. The van der Waals surface area contributed by atoms with Crippen LogP contribution >= 0.6 is 0 Å². The van der Waals surface area contributed by atoms with Crippen LogP contribution < -0.4 is 14.2 Å². The Morgan fingerprint density at radius 1 is 1.00 bits per heavy atom. The van der Waals surface area contributed by atoms with Gasteiger partial charge in [-0.3, -0.25) is 4.90 Å². The summed E-state index contributed by atoms with van der Waals surface area (Å²) in [7, 11) is 3.23. The van der Waals surface area contributed by atoms with Crippen LogP contribution in [-0.2, 0) is 0 Å². The summed E-state index contributed by atoms with van der Waals surface area (Å²) in [6.07, 6.45) is 2.54. The Morgan fingerprint density at radius 2 is 1.70 bits per heavy atom. The van der Waals surface area contributed by atoms with Crippen molar-refractivity contribution in [3.8, 4) is 17.2 Å².